The molecular weight excluding hydrogens is 543 g/mol. The number of carbonyl (C=O) groups excluding carboxylic acids is 1. The highest BCUT2D eigenvalue weighted by Gasteiger charge is 2.36. The lowest BCUT2D eigenvalue weighted by molar-refractivity contribution is -0.120. The molecule has 11 heteroatoms. The summed E-state index contributed by atoms with van der Waals surface area (Å²) in [5, 5.41) is 5.45. The van der Waals surface area contributed by atoms with Crippen molar-refractivity contribution >= 4 is 55.6 Å². The lowest BCUT2D eigenvalue weighted by Crippen LogP contribution is -2.48. The highest BCUT2D eigenvalue weighted by atomic mass is 32.2. The molecule has 0 spiro atoms. The number of anilines is 1. The fourth-order valence-electron chi connectivity index (χ4n) is 4.16. The maximum atomic E-state index is 13.2. The van der Waals surface area contributed by atoms with E-state index in [1.807, 2.05) is 31.2 Å². The molecule has 3 N–H and O–H groups in total. The standard InChI is InChI=1S/C27H31N3O5S3/c1-18-13-14-36-25(18)38(32,33)30-21-12-8-11-20-15-22(29-23(20)21)24(31)28-17-27(2,26(34-3)35-4)37-16-19-9-6-5-7-10-19/h5-15,26,29-30H,16-17H2,1-4H3,(H,28,31). The third-order valence-corrected chi connectivity index (χ3v) is 10.7. The Labute approximate surface area is 231 Å². The second-order valence-electron chi connectivity index (χ2n) is 9.02. The largest absolute Gasteiger partial charge is 0.354 e. The number of rotatable bonds is 12. The van der Waals surface area contributed by atoms with Gasteiger partial charge in [-0.2, -0.15) is 0 Å². The number of H-pyrrole nitrogens is 1. The molecule has 0 radical (unpaired) electrons. The summed E-state index contributed by atoms with van der Waals surface area (Å²) in [6.45, 7) is 4.03. The van der Waals surface area contributed by atoms with Gasteiger partial charge in [0.2, 0.25) is 0 Å². The Morgan fingerprint density at radius 1 is 1.11 bits per heavy atom. The van der Waals surface area contributed by atoms with Crippen LogP contribution in [0.15, 0.2) is 70.3 Å². The van der Waals surface area contributed by atoms with E-state index >= 15 is 0 Å². The number of fused-ring (bicyclic) bond motifs is 1. The predicted molar refractivity (Wildman–Crippen MR) is 154 cm³/mol. The zero-order chi connectivity index (χ0) is 27.3. The van der Waals surface area contributed by atoms with Crippen LogP contribution in [-0.2, 0) is 25.2 Å². The van der Waals surface area contributed by atoms with Gasteiger partial charge in [-0.1, -0.05) is 42.5 Å². The SMILES string of the molecule is COC(OC)C(C)(CNC(=O)c1cc2cccc(NS(=O)(=O)c3sccc3C)c2[nH]1)SCc1ccccc1. The summed E-state index contributed by atoms with van der Waals surface area (Å²) in [7, 11) is -0.603. The first-order valence-electron chi connectivity index (χ1n) is 11.9. The Hall–Kier alpha value is -2.83. The van der Waals surface area contributed by atoms with Crippen molar-refractivity contribution in [2.75, 3.05) is 25.5 Å². The van der Waals surface area contributed by atoms with E-state index in [1.165, 1.54) is 0 Å². The molecule has 0 aliphatic carbocycles. The Balaban J connectivity index is 1.52. The van der Waals surface area contributed by atoms with Gasteiger partial charge in [-0.3, -0.25) is 9.52 Å². The molecule has 2 heterocycles. The molecule has 4 rings (SSSR count). The van der Waals surface area contributed by atoms with Gasteiger partial charge in [0.25, 0.3) is 15.9 Å². The second-order valence-corrected chi connectivity index (χ2v) is 13.3. The number of ether oxygens (including phenoxy) is 2. The highest BCUT2D eigenvalue weighted by molar-refractivity contribution is 8.00. The van der Waals surface area contributed by atoms with Crippen LogP contribution in [0.3, 0.4) is 0 Å². The van der Waals surface area contributed by atoms with Crippen LogP contribution in [0.5, 0.6) is 0 Å². The molecule has 0 saturated heterocycles. The molecule has 2 aromatic heterocycles. The van der Waals surface area contributed by atoms with Crippen molar-refractivity contribution in [1.29, 1.82) is 0 Å². The number of aryl methyl sites for hydroxylation is 1. The summed E-state index contributed by atoms with van der Waals surface area (Å²) >= 11 is 2.80. The monoisotopic (exact) mass is 573 g/mol. The van der Waals surface area contributed by atoms with Crippen LogP contribution < -0.4 is 10.0 Å². The number of benzene rings is 2. The van der Waals surface area contributed by atoms with E-state index in [2.05, 4.69) is 27.2 Å². The van der Waals surface area contributed by atoms with Crippen LogP contribution in [0, 0.1) is 6.92 Å². The lowest BCUT2D eigenvalue weighted by Gasteiger charge is -2.35. The van der Waals surface area contributed by atoms with Gasteiger partial charge in [-0.05, 0) is 48.6 Å². The summed E-state index contributed by atoms with van der Waals surface area (Å²) in [6, 6.07) is 18.8. The average molecular weight is 574 g/mol. The molecule has 2 aromatic carbocycles. The van der Waals surface area contributed by atoms with Gasteiger partial charge >= 0.3 is 0 Å². The van der Waals surface area contributed by atoms with E-state index in [0.717, 1.165) is 22.7 Å². The minimum atomic E-state index is -3.76. The lowest BCUT2D eigenvalue weighted by atomic mass is 10.1. The molecule has 1 atom stereocenters. The first kappa shape index (κ1) is 28.2. The maximum Gasteiger partial charge on any atom is 0.271 e. The van der Waals surface area contributed by atoms with Crippen molar-refractivity contribution in [2.45, 2.75) is 34.8 Å². The number of carbonyl (C=O) groups is 1. The van der Waals surface area contributed by atoms with Crippen molar-refractivity contribution in [3.8, 4) is 0 Å². The van der Waals surface area contributed by atoms with Gasteiger partial charge in [0.15, 0.2) is 6.29 Å². The van der Waals surface area contributed by atoms with E-state index in [0.29, 0.717) is 27.8 Å². The molecule has 8 nitrogen and oxygen atoms in total. The van der Waals surface area contributed by atoms with Crippen molar-refractivity contribution < 1.29 is 22.7 Å². The molecule has 1 amide bonds. The summed E-state index contributed by atoms with van der Waals surface area (Å²) in [5.74, 6) is 0.400. The zero-order valence-electron chi connectivity index (χ0n) is 21.6. The van der Waals surface area contributed by atoms with Crippen molar-refractivity contribution in [1.82, 2.24) is 10.3 Å². The first-order chi connectivity index (χ1) is 18.2. The van der Waals surface area contributed by atoms with Crippen molar-refractivity contribution in [3.05, 3.63) is 82.9 Å². The molecule has 0 saturated carbocycles. The number of hydrogen-bond donors (Lipinski definition) is 3. The predicted octanol–water partition coefficient (Wildman–Crippen LogP) is 5.38. The Morgan fingerprint density at radius 3 is 2.50 bits per heavy atom. The van der Waals surface area contributed by atoms with Crippen molar-refractivity contribution in [3.63, 3.8) is 0 Å². The third-order valence-electron chi connectivity index (χ3n) is 6.14. The summed E-state index contributed by atoms with van der Waals surface area (Å²) in [6.07, 6.45) is -0.555. The number of nitrogens with one attached hydrogen (secondary N) is 3. The fourth-order valence-corrected chi connectivity index (χ4v) is 7.84. The Kier molecular flexibility index (Phi) is 8.84. The van der Waals surface area contributed by atoms with Crippen LogP contribution in [-0.4, -0.2) is 51.1 Å². The van der Waals surface area contributed by atoms with Gasteiger partial charge < -0.3 is 19.8 Å². The number of aromatic amines is 1. The van der Waals surface area contributed by atoms with E-state index in [9.17, 15) is 13.2 Å². The number of sulfonamides is 1. The fraction of sp³-hybridized carbons (Fsp3) is 0.296. The van der Waals surface area contributed by atoms with Gasteiger partial charge in [0, 0.05) is 31.9 Å². The van der Waals surface area contributed by atoms with Gasteiger partial charge in [0.1, 0.15) is 9.90 Å². The van der Waals surface area contributed by atoms with E-state index in [-0.39, 0.29) is 16.7 Å². The molecular formula is C27H31N3O5S3. The average Bonchev–Trinajstić information content (AvgIpc) is 3.55. The Morgan fingerprint density at radius 2 is 1.84 bits per heavy atom. The van der Waals surface area contributed by atoms with Crippen LogP contribution in [0.1, 0.15) is 28.5 Å². The molecule has 0 fully saturated rings. The molecule has 38 heavy (non-hydrogen) atoms. The second kappa shape index (κ2) is 11.9. The maximum absolute atomic E-state index is 13.2. The number of methoxy groups -OCH3 is 2. The number of amides is 1. The highest BCUT2D eigenvalue weighted by Crippen LogP contribution is 2.34. The number of hydrogen-bond acceptors (Lipinski definition) is 7. The number of aromatic nitrogens is 1. The molecule has 202 valence electrons. The molecule has 4 aromatic rings. The minimum absolute atomic E-state index is 0.261. The Bertz CT molecular complexity index is 1500. The smallest absolute Gasteiger partial charge is 0.271 e. The van der Waals surface area contributed by atoms with Gasteiger partial charge in [0.05, 0.1) is 16.0 Å². The topological polar surface area (TPSA) is 110 Å². The quantitative estimate of drug-likeness (QED) is 0.196. The van der Waals surface area contributed by atoms with Crippen molar-refractivity contribution in [2.24, 2.45) is 0 Å². The van der Waals surface area contributed by atoms with Gasteiger partial charge in [-0.15, -0.1) is 23.1 Å². The first-order valence-corrected chi connectivity index (χ1v) is 15.2. The van der Waals surface area contributed by atoms with Crippen LogP contribution >= 0.6 is 23.1 Å². The van der Waals surface area contributed by atoms with E-state index < -0.39 is 21.1 Å². The van der Waals surface area contributed by atoms with E-state index in [1.54, 1.807) is 62.6 Å². The zero-order valence-corrected chi connectivity index (χ0v) is 24.1. The van der Waals surface area contributed by atoms with Crippen LogP contribution in [0.4, 0.5) is 5.69 Å². The number of thiophene rings is 1. The molecule has 0 aliphatic heterocycles. The van der Waals surface area contributed by atoms with Crippen LogP contribution in [0.2, 0.25) is 0 Å². The molecule has 0 aliphatic rings. The van der Waals surface area contributed by atoms with E-state index in [4.69, 9.17) is 9.47 Å². The number of para-hydroxylation sites is 1. The molecule has 0 bridgehead atoms. The summed E-state index contributed by atoms with van der Waals surface area (Å²) in [5.41, 5.74) is 3.06. The summed E-state index contributed by atoms with van der Waals surface area (Å²) in [4.78, 5) is 16.3. The minimum Gasteiger partial charge on any atom is -0.354 e. The van der Waals surface area contributed by atoms with Gasteiger partial charge in [-0.25, -0.2) is 8.42 Å². The molecule has 1 unspecified atom stereocenters. The summed E-state index contributed by atoms with van der Waals surface area (Å²) < 4.78 is 39.4. The van der Waals surface area contributed by atoms with Crippen LogP contribution in [0.25, 0.3) is 10.9 Å². The number of thioether (sulfide) groups is 1. The normalized spacial score (nSPS) is 13.5. The third kappa shape index (κ3) is 6.24.